The van der Waals surface area contributed by atoms with Crippen LogP contribution in [0.15, 0.2) is 4.52 Å². The van der Waals surface area contributed by atoms with E-state index in [2.05, 4.69) is 22.4 Å². The van der Waals surface area contributed by atoms with Gasteiger partial charge in [-0.25, -0.2) is 0 Å². The molecule has 1 aromatic rings. The van der Waals surface area contributed by atoms with Crippen LogP contribution in [0.2, 0.25) is 0 Å². The van der Waals surface area contributed by atoms with Crippen molar-refractivity contribution >= 4 is 0 Å². The van der Waals surface area contributed by atoms with Crippen LogP contribution in [0.5, 0.6) is 0 Å². The summed E-state index contributed by atoms with van der Waals surface area (Å²) in [5.41, 5.74) is -0.436. The molecule has 20 heavy (non-hydrogen) atoms. The Morgan fingerprint density at radius 1 is 1.35 bits per heavy atom. The summed E-state index contributed by atoms with van der Waals surface area (Å²) in [6, 6.07) is 1.42. The largest absolute Gasteiger partial charge is 0.370 e. The number of hydrogen-bond donors (Lipinski definition) is 1. The molecule has 0 radical (unpaired) electrons. The maximum absolute atomic E-state index is 5.53. The normalized spacial score (nSPS) is 32.2. The van der Waals surface area contributed by atoms with Crippen molar-refractivity contribution in [2.75, 3.05) is 7.11 Å². The fraction of sp³-hybridized carbons (Fsp3) is 0.867. The molecule has 2 saturated heterocycles. The van der Waals surface area contributed by atoms with Gasteiger partial charge < -0.3 is 14.6 Å². The lowest BCUT2D eigenvalue weighted by atomic mass is 9.90. The Balaban J connectivity index is 1.65. The average Bonchev–Trinajstić information content (AvgIpc) is 3.05. The van der Waals surface area contributed by atoms with Crippen LogP contribution < -0.4 is 5.32 Å². The minimum Gasteiger partial charge on any atom is -0.370 e. The zero-order chi connectivity index (χ0) is 14.2. The standard InChI is InChI=1S/C15H25N3O2/c1-4-15(2,19-3)14-17-13(20-18-14)9-10-7-11-5-6-12(8-10)16-11/h10-12,16H,4-9H2,1-3H3. The topological polar surface area (TPSA) is 60.2 Å². The molecule has 112 valence electrons. The predicted molar refractivity (Wildman–Crippen MR) is 75.3 cm³/mol. The van der Waals surface area contributed by atoms with E-state index >= 15 is 0 Å². The zero-order valence-corrected chi connectivity index (χ0v) is 12.7. The van der Waals surface area contributed by atoms with Gasteiger partial charge in [-0.05, 0) is 44.9 Å². The summed E-state index contributed by atoms with van der Waals surface area (Å²) in [4.78, 5) is 4.57. The van der Waals surface area contributed by atoms with Crippen molar-refractivity contribution in [2.45, 2.75) is 70.1 Å². The monoisotopic (exact) mass is 279 g/mol. The third-order valence-electron chi connectivity index (χ3n) is 5.10. The van der Waals surface area contributed by atoms with Crippen molar-refractivity contribution in [1.82, 2.24) is 15.5 Å². The molecule has 3 heterocycles. The number of aromatic nitrogens is 2. The van der Waals surface area contributed by atoms with Crippen LogP contribution in [-0.4, -0.2) is 29.3 Å². The lowest BCUT2D eigenvalue weighted by Crippen LogP contribution is -2.38. The Hall–Kier alpha value is -0.940. The van der Waals surface area contributed by atoms with Gasteiger partial charge in [0.05, 0.1) is 0 Å². The van der Waals surface area contributed by atoms with E-state index in [9.17, 15) is 0 Å². The Morgan fingerprint density at radius 3 is 2.65 bits per heavy atom. The fourth-order valence-electron chi connectivity index (χ4n) is 3.54. The highest BCUT2D eigenvalue weighted by atomic mass is 16.5. The van der Waals surface area contributed by atoms with Gasteiger partial charge in [0.2, 0.25) is 11.7 Å². The maximum Gasteiger partial charge on any atom is 0.227 e. The van der Waals surface area contributed by atoms with Gasteiger partial charge in [-0.3, -0.25) is 0 Å². The second-order valence-electron chi connectivity index (χ2n) is 6.48. The first kappa shape index (κ1) is 14.0. The third kappa shape index (κ3) is 2.61. The Bertz CT molecular complexity index is 444. The number of fused-ring (bicyclic) bond motifs is 2. The lowest BCUT2D eigenvalue weighted by molar-refractivity contribution is -0.0106. The van der Waals surface area contributed by atoms with E-state index in [4.69, 9.17) is 9.26 Å². The molecule has 0 saturated carbocycles. The van der Waals surface area contributed by atoms with Crippen LogP contribution in [0, 0.1) is 5.92 Å². The van der Waals surface area contributed by atoms with E-state index in [0.29, 0.717) is 23.8 Å². The number of rotatable bonds is 5. The molecule has 2 fully saturated rings. The summed E-state index contributed by atoms with van der Waals surface area (Å²) < 4.78 is 11.0. The Morgan fingerprint density at radius 2 is 2.05 bits per heavy atom. The van der Waals surface area contributed by atoms with Crippen molar-refractivity contribution in [3.8, 4) is 0 Å². The molecule has 0 aliphatic carbocycles. The highest BCUT2D eigenvalue weighted by Crippen LogP contribution is 2.33. The van der Waals surface area contributed by atoms with E-state index < -0.39 is 5.60 Å². The highest BCUT2D eigenvalue weighted by Gasteiger charge is 2.35. The van der Waals surface area contributed by atoms with Gasteiger partial charge in [-0.15, -0.1) is 0 Å². The molecule has 1 N–H and O–H groups in total. The Labute approximate surface area is 120 Å². The SMILES string of the molecule is CCC(C)(OC)c1noc(CC2CC3CCC(C2)N3)n1. The molecule has 5 heteroatoms. The summed E-state index contributed by atoms with van der Waals surface area (Å²) in [5, 5.41) is 7.79. The summed E-state index contributed by atoms with van der Waals surface area (Å²) in [6.45, 7) is 4.08. The van der Waals surface area contributed by atoms with Crippen LogP contribution in [0.1, 0.15) is 57.7 Å². The number of nitrogens with zero attached hydrogens (tertiary/aromatic N) is 2. The van der Waals surface area contributed by atoms with Gasteiger partial charge in [-0.2, -0.15) is 4.98 Å². The highest BCUT2D eigenvalue weighted by molar-refractivity contribution is 5.01. The molecule has 3 atom stereocenters. The van der Waals surface area contributed by atoms with Crippen molar-refractivity contribution < 1.29 is 9.26 Å². The van der Waals surface area contributed by atoms with E-state index in [0.717, 1.165) is 18.7 Å². The van der Waals surface area contributed by atoms with Gasteiger partial charge in [0.15, 0.2) is 0 Å². The average molecular weight is 279 g/mol. The molecular weight excluding hydrogens is 254 g/mol. The maximum atomic E-state index is 5.53. The first-order valence-electron chi connectivity index (χ1n) is 7.77. The number of ether oxygens (including phenoxy) is 1. The van der Waals surface area contributed by atoms with Crippen molar-refractivity contribution in [3.05, 3.63) is 11.7 Å². The quantitative estimate of drug-likeness (QED) is 0.897. The third-order valence-corrected chi connectivity index (χ3v) is 5.10. The molecule has 0 amide bonds. The number of hydrogen-bond acceptors (Lipinski definition) is 5. The van der Waals surface area contributed by atoms with Gasteiger partial charge in [0.1, 0.15) is 5.60 Å². The smallest absolute Gasteiger partial charge is 0.227 e. The van der Waals surface area contributed by atoms with E-state index in [1.807, 2.05) is 6.92 Å². The summed E-state index contributed by atoms with van der Waals surface area (Å²) in [6.07, 6.45) is 6.87. The van der Waals surface area contributed by atoms with Crippen LogP contribution in [0.4, 0.5) is 0 Å². The van der Waals surface area contributed by atoms with Crippen LogP contribution in [0.25, 0.3) is 0 Å². The van der Waals surface area contributed by atoms with Gasteiger partial charge in [0, 0.05) is 25.6 Å². The van der Waals surface area contributed by atoms with Gasteiger partial charge >= 0.3 is 0 Å². The summed E-state index contributed by atoms with van der Waals surface area (Å²) >= 11 is 0. The van der Waals surface area contributed by atoms with Crippen molar-refractivity contribution in [2.24, 2.45) is 5.92 Å². The number of nitrogens with one attached hydrogen (secondary N) is 1. The van der Waals surface area contributed by atoms with Gasteiger partial charge in [-0.1, -0.05) is 12.1 Å². The minimum atomic E-state index is -0.436. The molecule has 5 nitrogen and oxygen atoms in total. The predicted octanol–water partition coefficient (Wildman–Crippen LogP) is 2.41. The molecule has 2 aliphatic rings. The number of methoxy groups -OCH3 is 1. The molecule has 0 aromatic carbocycles. The second-order valence-corrected chi connectivity index (χ2v) is 6.48. The second kappa shape index (κ2) is 5.45. The molecule has 1 aromatic heterocycles. The van der Waals surface area contributed by atoms with Crippen molar-refractivity contribution in [3.63, 3.8) is 0 Å². The zero-order valence-electron chi connectivity index (χ0n) is 12.7. The number of piperidine rings is 1. The summed E-state index contributed by atoms with van der Waals surface area (Å²) in [7, 11) is 1.70. The Kier molecular flexibility index (Phi) is 3.82. The van der Waals surface area contributed by atoms with E-state index in [1.54, 1.807) is 7.11 Å². The lowest BCUT2D eigenvalue weighted by Gasteiger charge is -2.28. The first-order valence-corrected chi connectivity index (χ1v) is 7.77. The molecular formula is C15H25N3O2. The minimum absolute atomic E-state index is 0.436. The van der Waals surface area contributed by atoms with E-state index in [-0.39, 0.29) is 0 Å². The van der Waals surface area contributed by atoms with Crippen LogP contribution in [-0.2, 0) is 16.8 Å². The van der Waals surface area contributed by atoms with E-state index in [1.165, 1.54) is 25.7 Å². The fourth-order valence-corrected chi connectivity index (χ4v) is 3.54. The molecule has 0 spiro atoms. The molecule has 2 bridgehead atoms. The molecule has 2 aliphatic heterocycles. The molecule has 3 unspecified atom stereocenters. The van der Waals surface area contributed by atoms with Crippen molar-refractivity contribution in [1.29, 1.82) is 0 Å². The van der Waals surface area contributed by atoms with Gasteiger partial charge in [0.25, 0.3) is 0 Å². The molecule has 3 rings (SSSR count). The summed E-state index contributed by atoms with van der Waals surface area (Å²) in [5.74, 6) is 2.12. The van der Waals surface area contributed by atoms with Crippen LogP contribution >= 0.6 is 0 Å². The van der Waals surface area contributed by atoms with Crippen LogP contribution in [0.3, 0.4) is 0 Å². The first-order chi connectivity index (χ1) is 9.63.